The van der Waals surface area contributed by atoms with Crippen LogP contribution in [0, 0.1) is 0 Å². The predicted molar refractivity (Wildman–Crippen MR) is 109 cm³/mol. The Hall–Kier alpha value is -0.130. The Bertz CT molecular complexity index is 466. The van der Waals surface area contributed by atoms with Gasteiger partial charge in [-0.25, -0.2) is 0 Å². The molecule has 0 amide bonds. The van der Waals surface area contributed by atoms with Crippen molar-refractivity contribution in [2.24, 2.45) is 0 Å². The molecule has 0 aromatic heterocycles. The zero-order valence-electron chi connectivity index (χ0n) is 17.0. The number of fused-ring (bicyclic) bond motifs is 1. The Morgan fingerprint density at radius 1 is 0.769 bits per heavy atom. The molecule has 5 heteroatoms. The van der Waals surface area contributed by atoms with Crippen LogP contribution < -0.4 is 0 Å². The van der Waals surface area contributed by atoms with Crippen LogP contribution in [0.3, 0.4) is 0 Å². The lowest BCUT2D eigenvalue weighted by Gasteiger charge is -2.37. The van der Waals surface area contributed by atoms with Crippen LogP contribution in [0.5, 0.6) is 0 Å². The summed E-state index contributed by atoms with van der Waals surface area (Å²) >= 11 is 0. The predicted octanol–water partition coefficient (Wildman–Crippen LogP) is 5.62. The van der Waals surface area contributed by atoms with Gasteiger partial charge in [-0.15, -0.1) is 0 Å². The number of nitrogens with zero attached hydrogens (tertiary/aromatic N) is 1. The third kappa shape index (κ3) is 7.85. The van der Waals surface area contributed by atoms with E-state index in [4.69, 9.17) is 4.18 Å². The van der Waals surface area contributed by atoms with E-state index in [-0.39, 0.29) is 11.5 Å². The van der Waals surface area contributed by atoms with E-state index in [2.05, 4.69) is 11.8 Å². The van der Waals surface area contributed by atoms with Gasteiger partial charge in [0.15, 0.2) is 0 Å². The number of unbranched alkanes of at least 4 members (excludes halogenated alkanes) is 12. The van der Waals surface area contributed by atoms with Crippen LogP contribution in [-0.2, 0) is 14.3 Å². The van der Waals surface area contributed by atoms with Crippen LogP contribution in [0.1, 0.15) is 110 Å². The monoisotopic (exact) mass is 387 g/mol. The lowest BCUT2D eigenvalue weighted by atomic mass is 10.0. The first-order valence-corrected chi connectivity index (χ1v) is 12.8. The molecule has 2 rings (SSSR count). The molecule has 2 fully saturated rings. The summed E-state index contributed by atoms with van der Waals surface area (Å²) in [6, 6.07) is 0. The minimum atomic E-state index is -3.35. The smallest absolute Gasteiger partial charge is 0.271 e. The highest BCUT2D eigenvalue weighted by Gasteiger charge is 2.40. The molecule has 2 unspecified atom stereocenters. The standard InChI is InChI=1S/C21H41NO3S/c1-2-3-4-5-6-7-8-9-10-11-12-13-14-15-20-16-18-22-19-17-21(22)25-26(20,23)24/h20-21H,2-19H2,1H3. The van der Waals surface area contributed by atoms with E-state index in [1.54, 1.807) is 0 Å². The van der Waals surface area contributed by atoms with E-state index >= 15 is 0 Å². The Labute approximate surface area is 162 Å². The Morgan fingerprint density at radius 2 is 1.27 bits per heavy atom. The van der Waals surface area contributed by atoms with Gasteiger partial charge in [0.05, 0.1) is 5.25 Å². The fourth-order valence-corrected chi connectivity index (χ4v) is 5.68. The zero-order valence-corrected chi connectivity index (χ0v) is 17.8. The average Bonchev–Trinajstić information content (AvgIpc) is 2.68. The minimum Gasteiger partial charge on any atom is -0.277 e. The fourth-order valence-electron chi connectivity index (χ4n) is 4.15. The van der Waals surface area contributed by atoms with Crippen LogP contribution in [0.15, 0.2) is 0 Å². The summed E-state index contributed by atoms with van der Waals surface area (Å²) in [6.07, 6.45) is 19.5. The summed E-state index contributed by atoms with van der Waals surface area (Å²) in [5, 5.41) is -0.277. The lowest BCUT2D eigenvalue weighted by molar-refractivity contribution is -0.0433. The third-order valence-electron chi connectivity index (χ3n) is 6.09. The van der Waals surface area contributed by atoms with Gasteiger partial charge in [0.25, 0.3) is 10.1 Å². The van der Waals surface area contributed by atoms with Crippen molar-refractivity contribution in [2.45, 2.75) is 121 Å². The van der Waals surface area contributed by atoms with Crippen molar-refractivity contribution >= 4 is 10.1 Å². The van der Waals surface area contributed by atoms with Gasteiger partial charge in [0.2, 0.25) is 0 Å². The van der Waals surface area contributed by atoms with E-state index in [1.807, 2.05) is 0 Å². The number of hydrogen-bond acceptors (Lipinski definition) is 4. The van der Waals surface area contributed by atoms with E-state index < -0.39 is 10.1 Å². The van der Waals surface area contributed by atoms with Crippen molar-refractivity contribution in [3.63, 3.8) is 0 Å². The minimum absolute atomic E-state index is 0.156. The van der Waals surface area contributed by atoms with Gasteiger partial charge in [-0.3, -0.25) is 9.08 Å². The molecule has 0 aliphatic carbocycles. The molecule has 2 saturated heterocycles. The molecule has 0 N–H and O–H groups in total. The molecule has 0 aromatic carbocycles. The Morgan fingerprint density at radius 3 is 1.77 bits per heavy atom. The maximum absolute atomic E-state index is 12.3. The second-order valence-electron chi connectivity index (χ2n) is 8.31. The Balaban J connectivity index is 1.42. The highest BCUT2D eigenvalue weighted by molar-refractivity contribution is 7.87. The second kappa shape index (κ2) is 12.4. The van der Waals surface area contributed by atoms with Crippen LogP contribution in [0.4, 0.5) is 0 Å². The Kier molecular flexibility index (Phi) is 10.5. The van der Waals surface area contributed by atoms with Crippen molar-refractivity contribution in [1.29, 1.82) is 0 Å². The molecule has 0 spiro atoms. The summed E-state index contributed by atoms with van der Waals surface area (Å²) in [5.41, 5.74) is 0. The van der Waals surface area contributed by atoms with Crippen LogP contribution in [0.2, 0.25) is 0 Å². The summed E-state index contributed by atoms with van der Waals surface area (Å²) < 4.78 is 30.0. The quantitative estimate of drug-likeness (QED) is 0.287. The van der Waals surface area contributed by atoms with Gasteiger partial charge in [0, 0.05) is 19.5 Å². The average molecular weight is 388 g/mol. The summed E-state index contributed by atoms with van der Waals surface area (Å²) in [6.45, 7) is 4.14. The first-order valence-electron chi connectivity index (χ1n) is 11.3. The highest BCUT2D eigenvalue weighted by atomic mass is 32.2. The second-order valence-corrected chi connectivity index (χ2v) is 10.2. The SMILES string of the molecule is CCCCCCCCCCCCCCCC1CCN2CCC2OS1(=O)=O. The number of hydrogen-bond donors (Lipinski definition) is 0. The van der Waals surface area contributed by atoms with Crippen molar-refractivity contribution < 1.29 is 12.6 Å². The summed E-state index contributed by atoms with van der Waals surface area (Å²) in [5.74, 6) is 0. The molecule has 2 heterocycles. The molecule has 154 valence electrons. The van der Waals surface area contributed by atoms with Crippen molar-refractivity contribution in [3.05, 3.63) is 0 Å². The molecular formula is C21H41NO3S. The van der Waals surface area contributed by atoms with Crippen LogP contribution >= 0.6 is 0 Å². The van der Waals surface area contributed by atoms with Crippen molar-refractivity contribution in [1.82, 2.24) is 4.90 Å². The lowest BCUT2D eigenvalue weighted by Crippen LogP contribution is -2.48. The molecule has 4 nitrogen and oxygen atoms in total. The van der Waals surface area contributed by atoms with Gasteiger partial charge in [-0.2, -0.15) is 8.42 Å². The molecule has 0 saturated carbocycles. The van der Waals surface area contributed by atoms with Crippen LogP contribution in [0.25, 0.3) is 0 Å². The highest BCUT2D eigenvalue weighted by Crippen LogP contribution is 2.29. The van der Waals surface area contributed by atoms with E-state index in [9.17, 15) is 8.42 Å². The first kappa shape index (κ1) is 22.2. The molecular weight excluding hydrogens is 346 g/mol. The van der Waals surface area contributed by atoms with Gasteiger partial charge >= 0.3 is 0 Å². The maximum atomic E-state index is 12.3. The van der Waals surface area contributed by atoms with Gasteiger partial charge in [-0.1, -0.05) is 90.4 Å². The van der Waals surface area contributed by atoms with Gasteiger partial charge < -0.3 is 0 Å². The topological polar surface area (TPSA) is 46.6 Å². The van der Waals surface area contributed by atoms with Gasteiger partial charge in [0.1, 0.15) is 6.23 Å². The van der Waals surface area contributed by atoms with Crippen molar-refractivity contribution in [3.8, 4) is 0 Å². The largest absolute Gasteiger partial charge is 0.277 e. The summed E-state index contributed by atoms with van der Waals surface area (Å²) in [4.78, 5) is 2.15. The van der Waals surface area contributed by atoms with Gasteiger partial charge in [-0.05, 0) is 12.8 Å². The molecule has 26 heavy (non-hydrogen) atoms. The van der Waals surface area contributed by atoms with E-state index in [1.165, 1.54) is 70.6 Å². The molecule has 0 aromatic rings. The van der Waals surface area contributed by atoms with Crippen LogP contribution in [-0.4, -0.2) is 37.9 Å². The maximum Gasteiger partial charge on any atom is 0.271 e. The zero-order chi connectivity index (χ0) is 18.7. The third-order valence-corrected chi connectivity index (χ3v) is 7.87. The molecule has 2 aliphatic rings. The molecule has 0 bridgehead atoms. The molecule has 0 radical (unpaired) electrons. The molecule has 2 aliphatic heterocycles. The van der Waals surface area contributed by atoms with E-state index in [0.717, 1.165) is 45.2 Å². The number of rotatable bonds is 14. The summed E-state index contributed by atoms with van der Waals surface area (Å²) in [7, 11) is -3.35. The van der Waals surface area contributed by atoms with E-state index in [0.29, 0.717) is 0 Å². The first-order chi connectivity index (χ1) is 12.6. The normalized spacial score (nSPS) is 25.4. The molecule has 2 atom stereocenters. The fraction of sp³-hybridized carbons (Fsp3) is 1.00. The van der Waals surface area contributed by atoms with Crippen molar-refractivity contribution in [2.75, 3.05) is 13.1 Å².